The third kappa shape index (κ3) is 4.49. The zero-order valence-electron chi connectivity index (χ0n) is 17.0. The first-order valence-corrected chi connectivity index (χ1v) is 11.2. The summed E-state index contributed by atoms with van der Waals surface area (Å²) >= 11 is 1.49. The maximum atomic E-state index is 12.6. The Labute approximate surface area is 180 Å². The molecular weight excluding hydrogens is 398 g/mol. The lowest BCUT2D eigenvalue weighted by molar-refractivity contribution is -0.118. The fraction of sp³-hybridized carbons (Fsp3) is 0.333. The second kappa shape index (κ2) is 9.30. The summed E-state index contributed by atoms with van der Waals surface area (Å²) in [5.74, 6) is -0.0100. The molecule has 2 aromatic carbocycles. The summed E-state index contributed by atoms with van der Waals surface area (Å²) in [6.45, 7) is 1.98. The van der Waals surface area contributed by atoms with E-state index in [-0.39, 0.29) is 18.5 Å². The van der Waals surface area contributed by atoms with Gasteiger partial charge in [0.25, 0.3) is 5.91 Å². The SMILES string of the molecule is CCOC(=O)c1c(NC(=O)COc2ccc3ccccc3c2)sc2c1CCCCC2. The Balaban J connectivity index is 1.48. The minimum Gasteiger partial charge on any atom is -0.484 e. The zero-order valence-corrected chi connectivity index (χ0v) is 17.8. The number of esters is 1. The highest BCUT2D eigenvalue weighted by molar-refractivity contribution is 7.17. The van der Waals surface area contributed by atoms with Crippen molar-refractivity contribution in [2.75, 3.05) is 18.5 Å². The van der Waals surface area contributed by atoms with E-state index in [4.69, 9.17) is 9.47 Å². The highest BCUT2D eigenvalue weighted by Gasteiger charge is 2.26. The number of rotatable bonds is 6. The van der Waals surface area contributed by atoms with Gasteiger partial charge in [-0.05, 0) is 61.1 Å². The molecule has 30 heavy (non-hydrogen) atoms. The van der Waals surface area contributed by atoms with Crippen LogP contribution in [0.15, 0.2) is 42.5 Å². The van der Waals surface area contributed by atoms with Crippen LogP contribution >= 0.6 is 11.3 Å². The van der Waals surface area contributed by atoms with Crippen molar-refractivity contribution in [1.82, 2.24) is 0 Å². The first kappa shape index (κ1) is 20.4. The Kier molecular flexibility index (Phi) is 6.33. The lowest BCUT2D eigenvalue weighted by Gasteiger charge is -2.10. The molecule has 0 unspecified atom stereocenters. The van der Waals surface area contributed by atoms with E-state index in [1.54, 1.807) is 6.92 Å². The van der Waals surface area contributed by atoms with Gasteiger partial charge in [0.2, 0.25) is 0 Å². The Morgan fingerprint density at radius 3 is 2.67 bits per heavy atom. The molecule has 0 saturated carbocycles. The van der Waals surface area contributed by atoms with Gasteiger partial charge in [-0.2, -0.15) is 0 Å². The van der Waals surface area contributed by atoms with Crippen LogP contribution in [0.3, 0.4) is 0 Å². The number of nitrogens with one attached hydrogen (secondary N) is 1. The summed E-state index contributed by atoms with van der Waals surface area (Å²) in [6, 6.07) is 13.7. The van der Waals surface area contributed by atoms with E-state index >= 15 is 0 Å². The Morgan fingerprint density at radius 2 is 1.83 bits per heavy atom. The fourth-order valence-electron chi connectivity index (χ4n) is 3.82. The molecule has 1 aliphatic carbocycles. The van der Waals surface area contributed by atoms with Crippen molar-refractivity contribution < 1.29 is 19.1 Å². The number of thiophene rings is 1. The van der Waals surface area contributed by atoms with Gasteiger partial charge in [0.15, 0.2) is 6.61 Å². The molecule has 1 heterocycles. The number of hydrogen-bond donors (Lipinski definition) is 1. The number of aryl methyl sites for hydroxylation is 1. The van der Waals surface area contributed by atoms with Crippen molar-refractivity contribution >= 4 is 39.0 Å². The molecule has 1 N–H and O–H groups in total. The highest BCUT2D eigenvalue weighted by Crippen LogP contribution is 2.38. The van der Waals surface area contributed by atoms with E-state index in [2.05, 4.69) is 5.32 Å². The summed E-state index contributed by atoms with van der Waals surface area (Å²) in [5.41, 5.74) is 1.57. The van der Waals surface area contributed by atoms with E-state index < -0.39 is 0 Å². The zero-order chi connectivity index (χ0) is 20.9. The number of carbonyl (C=O) groups excluding carboxylic acids is 2. The van der Waals surface area contributed by atoms with Crippen LogP contribution in [-0.2, 0) is 22.4 Å². The number of anilines is 1. The van der Waals surface area contributed by atoms with Crippen molar-refractivity contribution in [3.8, 4) is 5.75 Å². The van der Waals surface area contributed by atoms with Gasteiger partial charge in [0.1, 0.15) is 10.8 Å². The van der Waals surface area contributed by atoms with Crippen LogP contribution in [0, 0.1) is 0 Å². The molecule has 1 aromatic heterocycles. The summed E-state index contributed by atoms with van der Waals surface area (Å²) in [5, 5.41) is 5.64. The molecule has 1 aliphatic rings. The molecule has 5 nitrogen and oxygen atoms in total. The van der Waals surface area contributed by atoms with Crippen LogP contribution in [0.4, 0.5) is 5.00 Å². The second-order valence-electron chi connectivity index (χ2n) is 7.33. The van der Waals surface area contributed by atoms with Crippen LogP contribution in [-0.4, -0.2) is 25.1 Å². The Bertz CT molecular complexity index is 1070. The molecule has 0 radical (unpaired) electrons. The molecular formula is C24H25NO4S. The Hall–Kier alpha value is -2.86. The predicted molar refractivity (Wildman–Crippen MR) is 120 cm³/mol. The molecule has 0 spiro atoms. The number of amides is 1. The van der Waals surface area contributed by atoms with Crippen LogP contribution in [0.2, 0.25) is 0 Å². The minimum absolute atomic E-state index is 0.122. The van der Waals surface area contributed by atoms with Gasteiger partial charge in [-0.25, -0.2) is 4.79 Å². The maximum absolute atomic E-state index is 12.6. The van der Waals surface area contributed by atoms with E-state index in [9.17, 15) is 9.59 Å². The maximum Gasteiger partial charge on any atom is 0.341 e. The van der Waals surface area contributed by atoms with Gasteiger partial charge in [-0.1, -0.05) is 36.8 Å². The number of ether oxygens (including phenoxy) is 2. The molecule has 6 heteroatoms. The molecule has 3 aromatic rings. The third-order valence-electron chi connectivity index (χ3n) is 5.24. The average Bonchev–Trinajstić information content (AvgIpc) is 2.92. The molecule has 0 fully saturated rings. The van der Waals surface area contributed by atoms with E-state index in [0.29, 0.717) is 22.9 Å². The Morgan fingerprint density at radius 1 is 1.03 bits per heavy atom. The summed E-state index contributed by atoms with van der Waals surface area (Å²) in [4.78, 5) is 26.4. The number of fused-ring (bicyclic) bond motifs is 2. The van der Waals surface area contributed by atoms with Crippen LogP contribution in [0.1, 0.15) is 47.0 Å². The van der Waals surface area contributed by atoms with Gasteiger partial charge in [0, 0.05) is 4.88 Å². The number of hydrogen-bond acceptors (Lipinski definition) is 5. The molecule has 1 amide bonds. The van der Waals surface area contributed by atoms with Gasteiger partial charge < -0.3 is 14.8 Å². The molecule has 0 atom stereocenters. The molecule has 0 saturated heterocycles. The predicted octanol–water partition coefficient (Wildman–Crippen LogP) is 5.36. The number of carbonyl (C=O) groups is 2. The highest BCUT2D eigenvalue weighted by atomic mass is 32.1. The van der Waals surface area contributed by atoms with Gasteiger partial charge in [0.05, 0.1) is 12.2 Å². The van der Waals surface area contributed by atoms with Crippen molar-refractivity contribution in [1.29, 1.82) is 0 Å². The van der Waals surface area contributed by atoms with Crippen molar-refractivity contribution in [3.63, 3.8) is 0 Å². The summed E-state index contributed by atoms with van der Waals surface area (Å²) < 4.78 is 11.0. The second-order valence-corrected chi connectivity index (χ2v) is 8.44. The fourth-order valence-corrected chi connectivity index (χ4v) is 5.11. The average molecular weight is 424 g/mol. The van der Waals surface area contributed by atoms with Crippen LogP contribution in [0.5, 0.6) is 5.75 Å². The first-order chi connectivity index (χ1) is 14.7. The van der Waals surface area contributed by atoms with Crippen LogP contribution in [0.25, 0.3) is 10.8 Å². The van der Waals surface area contributed by atoms with E-state index in [1.807, 2.05) is 42.5 Å². The minimum atomic E-state index is -0.359. The standard InChI is InChI=1S/C24H25NO4S/c1-2-28-24(27)22-19-10-4-3-5-11-20(19)30-23(22)25-21(26)15-29-18-13-12-16-8-6-7-9-17(16)14-18/h6-9,12-14H,2-5,10-11,15H2,1H3,(H,25,26). The lowest BCUT2D eigenvalue weighted by Crippen LogP contribution is -2.21. The smallest absolute Gasteiger partial charge is 0.341 e. The molecule has 0 aliphatic heterocycles. The van der Waals surface area contributed by atoms with Crippen molar-refractivity contribution in [2.45, 2.75) is 39.0 Å². The van der Waals surface area contributed by atoms with Gasteiger partial charge in [-0.15, -0.1) is 11.3 Å². The lowest BCUT2D eigenvalue weighted by atomic mass is 10.1. The van der Waals surface area contributed by atoms with Gasteiger partial charge >= 0.3 is 5.97 Å². The summed E-state index contributed by atoms with van der Waals surface area (Å²) in [6.07, 6.45) is 5.10. The normalized spacial score (nSPS) is 13.4. The van der Waals surface area contributed by atoms with Crippen molar-refractivity contribution in [3.05, 3.63) is 58.5 Å². The van der Waals surface area contributed by atoms with E-state index in [0.717, 1.165) is 48.4 Å². The quantitative estimate of drug-likeness (QED) is 0.428. The summed E-state index contributed by atoms with van der Waals surface area (Å²) in [7, 11) is 0. The molecule has 0 bridgehead atoms. The first-order valence-electron chi connectivity index (χ1n) is 10.4. The molecule has 156 valence electrons. The topological polar surface area (TPSA) is 64.6 Å². The monoisotopic (exact) mass is 423 g/mol. The molecule has 4 rings (SSSR count). The van der Waals surface area contributed by atoms with Gasteiger partial charge in [-0.3, -0.25) is 4.79 Å². The van der Waals surface area contributed by atoms with Crippen molar-refractivity contribution in [2.24, 2.45) is 0 Å². The number of benzene rings is 2. The van der Waals surface area contributed by atoms with Crippen LogP contribution < -0.4 is 10.1 Å². The van der Waals surface area contributed by atoms with E-state index in [1.165, 1.54) is 16.2 Å². The third-order valence-corrected chi connectivity index (χ3v) is 6.45. The largest absolute Gasteiger partial charge is 0.484 e.